The Hall–Kier alpha value is -4.27. The molecule has 0 radical (unpaired) electrons. The predicted octanol–water partition coefficient (Wildman–Crippen LogP) is 5.12. The van der Waals surface area contributed by atoms with E-state index in [9.17, 15) is 19.5 Å². The molecule has 3 heterocycles. The Kier molecular flexibility index (Phi) is 8.37. The third-order valence-electron chi connectivity index (χ3n) is 9.85. The molecular weight excluding hydrogens is 566 g/mol. The zero-order chi connectivity index (χ0) is 31.8. The van der Waals surface area contributed by atoms with Crippen LogP contribution in [0, 0.1) is 11.8 Å². The summed E-state index contributed by atoms with van der Waals surface area (Å²) in [6.45, 7) is 10.5. The number of ether oxygens (including phenoxy) is 1. The van der Waals surface area contributed by atoms with E-state index in [1.165, 1.54) is 0 Å². The zero-order valence-electron chi connectivity index (χ0n) is 25.8. The van der Waals surface area contributed by atoms with Gasteiger partial charge in [-0.25, -0.2) is 0 Å². The number of unbranched alkanes of at least 4 members (excludes halogenated alkanes) is 1. The lowest BCUT2D eigenvalue weighted by Crippen LogP contribution is -2.56. The van der Waals surface area contributed by atoms with Crippen molar-refractivity contribution >= 4 is 39.9 Å². The van der Waals surface area contributed by atoms with Gasteiger partial charge in [-0.3, -0.25) is 14.4 Å². The van der Waals surface area contributed by atoms with E-state index in [-0.39, 0.29) is 44.0 Å². The zero-order valence-corrected chi connectivity index (χ0v) is 25.8. The normalized spacial score (nSPS) is 26.6. The number of aliphatic hydroxyl groups excluding tert-OH is 1. The smallest absolute Gasteiger partial charge is 0.253 e. The number of fused-ring (bicyclic) bond motifs is 2. The molecule has 8 heteroatoms. The monoisotopic (exact) mass is 607 g/mol. The highest BCUT2D eigenvalue weighted by atomic mass is 16.5. The molecule has 6 rings (SSSR count). The molecule has 1 N–H and O–H groups in total. The van der Waals surface area contributed by atoms with Gasteiger partial charge in [-0.2, -0.15) is 0 Å². The minimum absolute atomic E-state index is 0.0157. The van der Waals surface area contributed by atoms with Crippen LogP contribution in [0.3, 0.4) is 0 Å². The summed E-state index contributed by atoms with van der Waals surface area (Å²) in [4.78, 5) is 48.9. The summed E-state index contributed by atoms with van der Waals surface area (Å²) in [5.74, 6) is -2.29. The number of aliphatic hydroxyl groups is 1. The van der Waals surface area contributed by atoms with Crippen LogP contribution in [0.4, 0.5) is 11.4 Å². The molecule has 3 amide bonds. The molecule has 8 nitrogen and oxygen atoms in total. The molecule has 2 unspecified atom stereocenters. The largest absolute Gasteiger partial charge is 0.396 e. The number of nitrogens with zero attached hydrogens (tertiary/aromatic N) is 3. The Bertz CT molecular complexity index is 1620. The molecular formula is C37H41N3O5. The first-order chi connectivity index (χ1) is 21.8. The second kappa shape index (κ2) is 12.3. The summed E-state index contributed by atoms with van der Waals surface area (Å²) < 4.78 is 6.89. The minimum atomic E-state index is -1.16. The van der Waals surface area contributed by atoms with Crippen molar-refractivity contribution in [3.05, 3.63) is 98.1 Å². The fraction of sp³-hybridized carbons (Fsp3) is 0.378. The Balaban J connectivity index is 1.42. The van der Waals surface area contributed by atoms with E-state index in [2.05, 4.69) is 13.2 Å². The first-order valence-corrected chi connectivity index (χ1v) is 15.8. The maximum Gasteiger partial charge on any atom is 0.253 e. The molecule has 5 atom stereocenters. The van der Waals surface area contributed by atoms with E-state index in [1.54, 1.807) is 26.9 Å². The van der Waals surface area contributed by atoms with Gasteiger partial charge in [0.25, 0.3) is 5.91 Å². The first kappa shape index (κ1) is 30.7. The van der Waals surface area contributed by atoms with Gasteiger partial charge < -0.3 is 24.5 Å². The molecule has 234 valence electrons. The maximum absolute atomic E-state index is 14.9. The molecule has 0 aromatic heterocycles. The van der Waals surface area contributed by atoms with Crippen molar-refractivity contribution < 1.29 is 24.2 Å². The summed E-state index contributed by atoms with van der Waals surface area (Å²) in [5, 5.41) is 11.6. The number of rotatable bonds is 12. The molecule has 3 aromatic carbocycles. The number of carbonyl (C=O) groups is 3. The highest BCUT2D eigenvalue weighted by Gasteiger charge is 2.78. The molecule has 3 aromatic rings. The fourth-order valence-electron chi connectivity index (χ4n) is 7.89. The number of likely N-dealkylation sites (tertiary alicyclic amines) is 1. The van der Waals surface area contributed by atoms with Crippen molar-refractivity contribution in [1.29, 1.82) is 0 Å². The van der Waals surface area contributed by atoms with Crippen molar-refractivity contribution in [3.63, 3.8) is 0 Å². The van der Waals surface area contributed by atoms with Crippen LogP contribution in [0.5, 0.6) is 0 Å². The number of para-hydroxylation sites is 1. The average molecular weight is 608 g/mol. The molecule has 0 saturated carbocycles. The lowest BCUT2D eigenvalue weighted by molar-refractivity contribution is -0.144. The summed E-state index contributed by atoms with van der Waals surface area (Å²) in [6.07, 6.45) is 5.42. The number of amides is 3. The summed E-state index contributed by atoms with van der Waals surface area (Å²) in [7, 11) is 0. The van der Waals surface area contributed by atoms with Gasteiger partial charge in [-0.1, -0.05) is 60.7 Å². The highest BCUT2D eigenvalue weighted by molar-refractivity contribution is 6.07. The summed E-state index contributed by atoms with van der Waals surface area (Å²) >= 11 is 0. The Morgan fingerprint density at radius 3 is 2.27 bits per heavy atom. The van der Waals surface area contributed by atoms with Crippen LogP contribution in [0.15, 0.2) is 98.1 Å². The lowest BCUT2D eigenvalue weighted by Gasteiger charge is -2.37. The van der Waals surface area contributed by atoms with Crippen LogP contribution in [0.25, 0.3) is 10.8 Å². The number of benzene rings is 3. The van der Waals surface area contributed by atoms with Crippen molar-refractivity contribution in [3.8, 4) is 0 Å². The van der Waals surface area contributed by atoms with Gasteiger partial charge in [0.1, 0.15) is 11.6 Å². The number of anilines is 2. The second-order valence-corrected chi connectivity index (χ2v) is 12.5. The standard InChI is InChI=1S/C37H41N3O5/c1-4-21-38(28-15-7-6-8-16-28)33(42)30-31-34(43)40(23-11-12-24-41)32(37(31)20-19-36(30,3)45-37)35(44)39(22-5-2)29-18-17-26-13-9-10-14-27(26)25-29/h4-10,13-18,25,30-32,41H,1-2,11-12,19-24H2,3H3/t30-,31-,32?,36+,37?/m0/s1. The second-order valence-electron chi connectivity index (χ2n) is 12.5. The lowest BCUT2D eigenvalue weighted by atomic mass is 9.66. The summed E-state index contributed by atoms with van der Waals surface area (Å²) in [5.41, 5.74) is -0.647. The molecule has 3 saturated heterocycles. The SMILES string of the molecule is C=CCN(C(=O)C1N(CCCCO)C(=O)[C@@H]2[C@@H](C(=O)N(CC=C)c3ccccc3)[C@@]3(C)CCC12O3)c1ccc2ccccc2c1. The van der Waals surface area contributed by atoms with E-state index >= 15 is 0 Å². The predicted molar refractivity (Wildman–Crippen MR) is 176 cm³/mol. The molecule has 1 spiro atoms. The van der Waals surface area contributed by atoms with Crippen LogP contribution < -0.4 is 9.80 Å². The Morgan fingerprint density at radius 2 is 1.58 bits per heavy atom. The number of hydrogen-bond donors (Lipinski definition) is 1. The van der Waals surface area contributed by atoms with Gasteiger partial charge in [0, 0.05) is 37.6 Å². The van der Waals surface area contributed by atoms with Gasteiger partial charge in [0.15, 0.2) is 0 Å². The van der Waals surface area contributed by atoms with Crippen LogP contribution in [0.2, 0.25) is 0 Å². The van der Waals surface area contributed by atoms with Crippen LogP contribution >= 0.6 is 0 Å². The molecule has 3 aliphatic heterocycles. The van der Waals surface area contributed by atoms with Crippen molar-refractivity contribution in [2.45, 2.75) is 49.9 Å². The van der Waals surface area contributed by atoms with E-state index in [1.807, 2.05) is 79.7 Å². The third kappa shape index (κ3) is 5.06. The van der Waals surface area contributed by atoms with Crippen LogP contribution in [0.1, 0.15) is 32.6 Å². The molecule has 0 aliphatic carbocycles. The van der Waals surface area contributed by atoms with E-state index in [0.29, 0.717) is 37.1 Å². The van der Waals surface area contributed by atoms with E-state index in [0.717, 1.165) is 10.8 Å². The fourth-order valence-corrected chi connectivity index (χ4v) is 7.89. The summed E-state index contributed by atoms with van der Waals surface area (Å²) in [6, 6.07) is 22.3. The molecule has 2 bridgehead atoms. The molecule has 45 heavy (non-hydrogen) atoms. The Labute approximate surface area is 264 Å². The van der Waals surface area contributed by atoms with Crippen LogP contribution in [-0.4, -0.2) is 71.2 Å². The Morgan fingerprint density at radius 1 is 0.911 bits per heavy atom. The van der Waals surface area contributed by atoms with Crippen molar-refractivity contribution in [2.24, 2.45) is 11.8 Å². The van der Waals surface area contributed by atoms with Crippen molar-refractivity contribution in [2.75, 3.05) is 36.0 Å². The van der Waals surface area contributed by atoms with E-state index < -0.39 is 29.1 Å². The first-order valence-electron chi connectivity index (χ1n) is 15.8. The van der Waals surface area contributed by atoms with Gasteiger partial charge in [-0.05, 0) is 67.6 Å². The average Bonchev–Trinajstić information content (AvgIpc) is 3.62. The van der Waals surface area contributed by atoms with Gasteiger partial charge >= 0.3 is 0 Å². The van der Waals surface area contributed by atoms with E-state index in [4.69, 9.17) is 4.74 Å². The number of hydrogen-bond acceptors (Lipinski definition) is 5. The minimum Gasteiger partial charge on any atom is -0.396 e. The maximum atomic E-state index is 14.9. The highest BCUT2D eigenvalue weighted by Crippen LogP contribution is 2.63. The quantitative estimate of drug-likeness (QED) is 0.228. The van der Waals surface area contributed by atoms with Gasteiger partial charge in [0.2, 0.25) is 11.8 Å². The third-order valence-corrected chi connectivity index (χ3v) is 9.85. The van der Waals surface area contributed by atoms with Gasteiger partial charge in [0.05, 0.1) is 17.4 Å². The molecule has 3 aliphatic rings. The van der Waals surface area contributed by atoms with Gasteiger partial charge in [-0.15, -0.1) is 13.2 Å². The van der Waals surface area contributed by atoms with Crippen LogP contribution in [-0.2, 0) is 19.1 Å². The molecule has 3 fully saturated rings. The van der Waals surface area contributed by atoms with Crippen molar-refractivity contribution in [1.82, 2.24) is 4.90 Å². The number of carbonyl (C=O) groups excluding carboxylic acids is 3. The topological polar surface area (TPSA) is 90.4 Å².